The smallest absolute Gasteiger partial charge is 0.429 e. The molecule has 0 heterocycles. The number of allylic oxidation sites excluding steroid dienone is 2. The summed E-state index contributed by atoms with van der Waals surface area (Å²) in [6.45, 7) is 0.784. The van der Waals surface area contributed by atoms with E-state index in [0.29, 0.717) is 13.8 Å². The molecule has 0 aromatic heterocycles. The molecule has 2 rings (SSSR count). The summed E-state index contributed by atoms with van der Waals surface area (Å²) in [4.78, 5) is 0. The number of hydrogen-bond acceptors (Lipinski definition) is 4. The molecule has 0 unspecified atom stereocenters. The predicted molar refractivity (Wildman–Crippen MR) is 146 cm³/mol. The van der Waals surface area contributed by atoms with Crippen LogP contribution in [0.1, 0.15) is 22.3 Å². The normalized spacial score (nSPS) is 15.7. The van der Waals surface area contributed by atoms with Gasteiger partial charge in [-0.3, -0.25) is 0 Å². The van der Waals surface area contributed by atoms with Gasteiger partial charge in [-0.15, -0.1) is 0 Å². The zero-order chi connectivity index (χ0) is 48.7. The highest BCUT2D eigenvalue weighted by Crippen LogP contribution is 2.62. The largest absolute Gasteiger partial charge is 0.460 e. The highest BCUT2D eigenvalue weighted by atomic mass is 19.4. The van der Waals surface area contributed by atoms with E-state index in [1.807, 2.05) is 0 Å². The molecule has 0 aliphatic rings. The van der Waals surface area contributed by atoms with Gasteiger partial charge in [-0.2, -0.15) is 123 Å². The maximum absolute atomic E-state index is 15.2. The molecule has 61 heavy (non-hydrogen) atoms. The number of benzene rings is 2. The number of aryl methyl sites for hydroxylation is 2. The van der Waals surface area contributed by atoms with Crippen molar-refractivity contribution in [1.82, 2.24) is 0 Å². The van der Waals surface area contributed by atoms with Crippen LogP contribution < -0.4 is 20.9 Å². The first-order valence-electron chi connectivity index (χ1n) is 14.5. The fourth-order valence-corrected chi connectivity index (χ4v) is 4.63. The van der Waals surface area contributed by atoms with Crippen molar-refractivity contribution in [2.24, 2.45) is 0 Å². The monoisotopic (exact) mass is 954 g/mol. The summed E-state index contributed by atoms with van der Waals surface area (Å²) in [5.41, 5.74) is -7.06. The number of alkyl halides is 24. The molecule has 0 radical (unpaired) electrons. The van der Waals surface area contributed by atoms with E-state index in [1.54, 1.807) is 0 Å². The van der Waals surface area contributed by atoms with Crippen molar-refractivity contribution in [2.75, 3.05) is 11.5 Å². The van der Waals surface area contributed by atoms with Crippen molar-refractivity contribution in [3.05, 3.63) is 70.2 Å². The number of nitrogens with two attached hydrogens (primary N) is 2. The molecular weight excluding hydrogens is 940 g/mol. The Morgan fingerprint density at radius 1 is 0.393 bits per heavy atom. The third-order valence-electron chi connectivity index (χ3n) is 7.98. The minimum absolute atomic E-state index is 0.392. The molecule has 0 spiro atoms. The maximum atomic E-state index is 15.2. The molecule has 0 bridgehead atoms. The van der Waals surface area contributed by atoms with Crippen LogP contribution >= 0.6 is 0 Å². The Morgan fingerprint density at radius 2 is 0.639 bits per heavy atom. The van der Waals surface area contributed by atoms with Crippen LogP contribution in [0.15, 0.2) is 47.9 Å². The number of halogens is 28. The lowest BCUT2D eigenvalue weighted by Gasteiger charge is -2.40. The Kier molecular flexibility index (Phi) is 13.0. The molecule has 0 atom stereocenters. The van der Waals surface area contributed by atoms with Crippen molar-refractivity contribution in [3.63, 3.8) is 0 Å². The summed E-state index contributed by atoms with van der Waals surface area (Å²) < 4.78 is 396. The lowest BCUT2D eigenvalue weighted by molar-refractivity contribution is -0.392. The second kappa shape index (κ2) is 15.2. The van der Waals surface area contributed by atoms with Gasteiger partial charge in [0.15, 0.2) is 0 Å². The zero-order valence-electron chi connectivity index (χ0n) is 28.4. The number of hydrogen-bond donors (Lipinski definition) is 2. The molecule has 0 saturated heterocycles. The lowest BCUT2D eigenvalue weighted by atomic mass is 9.71. The standard InChI is InChI=1S/C29H14F28N2O2/c1-7-3-9(13(5-11(7)58)60-17(32)15(30)20(34,35)22(38,39)24(42,43)28(52,53)54)19(26(46,47)48,27(49,50)51)10-4-8(2)12(59)6-14(10)61-18(33)16(31)21(36,37)23(40,41)25(44,45)29(55,56)57/h3-6H,58-59H2,1-2H3. The van der Waals surface area contributed by atoms with Crippen LogP contribution in [-0.2, 0) is 5.41 Å². The highest BCUT2D eigenvalue weighted by molar-refractivity contribution is 5.65. The van der Waals surface area contributed by atoms with E-state index in [9.17, 15) is 96.6 Å². The SMILES string of the molecule is Cc1cc(C(c2cc(C)c(N)cc2OC(F)=C(F)C(F)(F)C(F)(F)C(F)(F)C(F)(F)F)(C(F)(F)F)C(F)(F)F)c(OC(F)=C(F)C(F)(F)C(F)(F)C(F)(F)C(F)(F)F)cc1N. The van der Waals surface area contributed by atoms with E-state index in [2.05, 4.69) is 9.47 Å². The minimum Gasteiger partial charge on any atom is -0.429 e. The van der Waals surface area contributed by atoms with E-state index in [4.69, 9.17) is 11.5 Å². The topological polar surface area (TPSA) is 70.5 Å². The van der Waals surface area contributed by atoms with E-state index in [0.717, 1.165) is 0 Å². The van der Waals surface area contributed by atoms with Crippen molar-refractivity contribution < 1.29 is 132 Å². The van der Waals surface area contributed by atoms with Gasteiger partial charge in [0.1, 0.15) is 11.5 Å². The van der Waals surface area contributed by atoms with Gasteiger partial charge in [0.05, 0.1) is 0 Å². The van der Waals surface area contributed by atoms with Gasteiger partial charge in [-0.1, -0.05) is 0 Å². The van der Waals surface area contributed by atoms with Crippen LogP contribution in [0.25, 0.3) is 0 Å². The molecule has 0 fully saturated rings. The first kappa shape index (κ1) is 52.3. The summed E-state index contributed by atoms with van der Waals surface area (Å²) in [5, 5.41) is 0. The Morgan fingerprint density at radius 3 is 0.852 bits per heavy atom. The molecule has 2 aromatic carbocycles. The summed E-state index contributed by atoms with van der Waals surface area (Å²) in [7, 11) is 0. The molecule has 4 nitrogen and oxygen atoms in total. The molecule has 4 N–H and O–H groups in total. The van der Waals surface area contributed by atoms with Crippen molar-refractivity contribution in [2.45, 2.75) is 79.5 Å². The fraction of sp³-hybridized carbons (Fsp3) is 0.448. The molecule has 0 aliphatic carbocycles. The molecule has 348 valence electrons. The van der Waals surface area contributed by atoms with Gasteiger partial charge in [-0.25, -0.2) is 0 Å². The second-order valence-electron chi connectivity index (χ2n) is 12.0. The summed E-state index contributed by atoms with van der Waals surface area (Å²) in [6, 6.07) is -11.1. The minimum atomic E-state index is -8.12. The van der Waals surface area contributed by atoms with Gasteiger partial charge in [0.25, 0.3) is 0 Å². The van der Waals surface area contributed by atoms with Crippen LogP contribution in [0, 0.1) is 13.8 Å². The lowest BCUT2D eigenvalue weighted by Crippen LogP contribution is -2.61. The Balaban J connectivity index is 3.23. The number of nitrogen functional groups attached to an aromatic ring is 2. The van der Waals surface area contributed by atoms with Crippen LogP contribution in [0.4, 0.5) is 134 Å². The second-order valence-corrected chi connectivity index (χ2v) is 12.0. The van der Waals surface area contributed by atoms with Crippen molar-refractivity contribution in [3.8, 4) is 11.5 Å². The first-order valence-corrected chi connectivity index (χ1v) is 14.5. The van der Waals surface area contributed by atoms with Gasteiger partial charge in [0.2, 0.25) is 17.1 Å². The van der Waals surface area contributed by atoms with Gasteiger partial charge >= 0.3 is 72.3 Å². The molecule has 0 saturated carbocycles. The average Bonchev–Trinajstić information content (AvgIpc) is 3.05. The van der Waals surface area contributed by atoms with Gasteiger partial charge in [-0.05, 0) is 37.1 Å². The van der Waals surface area contributed by atoms with Crippen LogP contribution in [0.5, 0.6) is 11.5 Å². The molecular formula is C29H14F28N2O2. The van der Waals surface area contributed by atoms with Gasteiger partial charge in [0, 0.05) is 34.6 Å². The summed E-state index contributed by atoms with van der Waals surface area (Å²) in [6.07, 6.45) is -30.3. The summed E-state index contributed by atoms with van der Waals surface area (Å²) in [5.74, 6) is -63.4. The van der Waals surface area contributed by atoms with E-state index >= 15 is 26.3 Å². The number of anilines is 2. The van der Waals surface area contributed by atoms with Crippen LogP contribution in [0.3, 0.4) is 0 Å². The Labute approximate surface area is 317 Å². The summed E-state index contributed by atoms with van der Waals surface area (Å²) >= 11 is 0. The number of ether oxygens (including phenoxy) is 2. The van der Waals surface area contributed by atoms with Crippen LogP contribution in [-0.4, -0.2) is 60.2 Å². The van der Waals surface area contributed by atoms with E-state index in [1.165, 1.54) is 0 Å². The highest BCUT2D eigenvalue weighted by Gasteiger charge is 2.85. The number of rotatable bonds is 12. The van der Waals surface area contributed by atoms with Crippen molar-refractivity contribution >= 4 is 11.4 Å². The van der Waals surface area contributed by atoms with E-state index < -0.39 is 159 Å². The maximum Gasteiger partial charge on any atom is 0.460 e. The average molecular weight is 954 g/mol. The molecule has 32 heteroatoms. The zero-order valence-corrected chi connectivity index (χ0v) is 28.4. The Hall–Kier alpha value is -4.84. The van der Waals surface area contributed by atoms with E-state index in [-0.39, 0.29) is 0 Å². The fourth-order valence-electron chi connectivity index (χ4n) is 4.63. The third-order valence-corrected chi connectivity index (χ3v) is 7.98. The first-order chi connectivity index (χ1) is 26.7. The van der Waals surface area contributed by atoms with Crippen molar-refractivity contribution in [1.29, 1.82) is 0 Å². The van der Waals surface area contributed by atoms with Crippen LogP contribution in [0.2, 0.25) is 0 Å². The Bertz CT molecular complexity index is 1910. The predicted octanol–water partition coefficient (Wildman–Crippen LogP) is 12.8. The molecule has 0 aliphatic heterocycles. The molecule has 2 aromatic rings. The third kappa shape index (κ3) is 8.05. The quantitative estimate of drug-likeness (QED) is 0.126. The van der Waals surface area contributed by atoms with Gasteiger partial charge < -0.3 is 20.9 Å². The molecule has 0 amide bonds.